The van der Waals surface area contributed by atoms with Crippen molar-refractivity contribution >= 4 is 9.84 Å². The molecule has 2 rings (SSSR count). The third-order valence-corrected chi connectivity index (χ3v) is 4.71. The van der Waals surface area contributed by atoms with E-state index in [1.807, 2.05) is 4.57 Å². The summed E-state index contributed by atoms with van der Waals surface area (Å²) in [4.78, 5) is 0. The van der Waals surface area contributed by atoms with E-state index >= 15 is 0 Å². The van der Waals surface area contributed by atoms with E-state index in [0.717, 1.165) is 18.8 Å². The second kappa shape index (κ2) is 5.14. The van der Waals surface area contributed by atoms with Crippen LogP contribution < -0.4 is 5.32 Å². The molecule has 1 fully saturated rings. The quantitative estimate of drug-likeness (QED) is 0.802. The summed E-state index contributed by atoms with van der Waals surface area (Å²) in [7, 11) is -2.81. The molecular formula is C10H18N4O2S. The number of nitrogens with zero attached hydrogens (tertiary/aromatic N) is 3. The Kier molecular flexibility index (Phi) is 3.78. The van der Waals surface area contributed by atoms with Gasteiger partial charge in [0.15, 0.2) is 9.84 Å². The van der Waals surface area contributed by atoms with Crippen molar-refractivity contribution in [3.8, 4) is 0 Å². The zero-order chi connectivity index (χ0) is 12.3. The van der Waals surface area contributed by atoms with Gasteiger partial charge in [-0.15, -0.1) is 10.2 Å². The Morgan fingerprint density at radius 1 is 1.59 bits per heavy atom. The Hall–Kier alpha value is -0.950. The van der Waals surface area contributed by atoms with Gasteiger partial charge in [-0.2, -0.15) is 0 Å². The van der Waals surface area contributed by atoms with Gasteiger partial charge in [-0.1, -0.05) is 6.92 Å². The molecule has 1 atom stereocenters. The second-order valence-electron chi connectivity index (χ2n) is 4.42. The van der Waals surface area contributed by atoms with Gasteiger partial charge in [-0.3, -0.25) is 0 Å². The SMILES string of the molecule is CCCn1cnnc1CNC1CCS(=O)(=O)C1. The van der Waals surface area contributed by atoms with E-state index in [9.17, 15) is 8.42 Å². The van der Waals surface area contributed by atoms with Crippen LogP contribution in [0.5, 0.6) is 0 Å². The maximum Gasteiger partial charge on any atom is 0.151 e. The van der Waals surface area contributed by atoms with Gasteiger partial charge in [0.05, 0.1) is 18.1 Å². The van der Waals surface area contributed by atoms with E-state index in [1.165, 1.54) is 0 Å². The first kappa shape index (κ1) is 12.5. The minimum absolute atomic E-state index is 0.0618. The van der Waals surface area contributed by atoms with Gasteiger partial charge in [0, 0.05) is 12.6 Å². The molecule has 0 saturated carbocycles. The predicted octanol–water partition coefficient (Wildman–Crippen LogP) is -0.0352. The first-order valence-electron chi connectivity index (χ1n) is 5.91. The van der Waals surface area contributed by atoms with Gasteiger partial charge >= 0.3 is 0 Å². The third kappa shape index (κ3) is 3.26. The lowest BCUT2D eigenvalue weighted by atomic mass is 10.2. The third-order valence-electron chi connectivity index (χ3n) is 2.94. The molecule has 1 aliphatic heterocycles. The fourth-order valence-corrected chi connectivity index (χ4v) is 3.74. The van der Waals surface area contributed by atoms with E-state index in [1.54, 1.807) is 6.33 Å². The monoisotopic (exact) mass is 258 g/mol. The molecule has 0 amide bonds. The Morgan fingerprint density at radius 2 is 2.41 bits per heavy atom. The fraction of sp³-hybridized carbons (Fsp3) is 0.800. The Balaban J connectivity index is 1.88. The molecule has 7 heteroatoms. The van der Waals surface area contributed by atoms with Crippen LogP contribution in [0.3, 0.4) is 0 Å². The molecule has 1 unspecified atom stereocenters. The summed E-state index contributed by atoms with van der Waals surface area (Å²) < 4.78 is 24.6. The first-order valence-corrected chi connectivity index (χ1v) is 7.73. The predicted molar refractivity (Wildman–Crippen MR) is 64.2 cm³/mol. The minimum atomic E-state index is -2.81. The van der Waals surface area contributed by atoms with Gasteiger partial charge in [-0.05, 0) is 12.8 Å². The lowest BCUT2D eigenvalue weighted by molar-refractivity contribution is 0.520. The summed E-state index contributed by atoms with van der Waals surface area (Å²) in [5, 5.41) is 11.1. The molecule has 6 nitrogen and oxygen atoms in total. The molecule has 0 spiro atoms. The maximum atomic E-state index is 11.3. The molecule has 1 N–H and O–H groups in total. The number of rotatable bonds is 5. The number of hydrogen-bond donors (Lipinski definition) is 1. The highest BCUT2D eigenvalue weighted by atomic mass is 32.2. The lowest BCUT2D eigenvalue weighted by Gasteiger charge is -2.10. The summed E-state index contributed by atoms with van der Waals surface area (Å²) in [5.41, 5.74) is 0. The zero-order valence-corrected chi connectivity index (χ0v) is 10.8. The standard InChI is InChI=1S/C10H18N4O2S/c1-2-4-14-8-12-13-10(14)6-11-9-3-5-17(15,16)7-9/h8-9,11H,2-7H2,1H3. The van der Waals surface area contributed by atoms with E-state index in [4.69, 9.17) is 0 Å². The van der Waals surface area contributed by atoms with Gasteiger partial charge in [0.2, 0.25) is 0 Å². The summed E-state index contributed by atoms with van der Waals surface area (Å²) in [6.45, 7) is 3.58. The van der Waals surface area contributed by atoms with Crippen LogP contribution in [0.1, 0.15) is 25.6 Å². The molecule has 1 saturated heterocycles. The second-order valence-corrected chi connectivity index (χ2v) is 6.65. The van der Waals surface area contributed by atoms with Crippen LogP contribution in [0.4, 0.5) is 0 Å². The first-order chi connectivity index (χ1) is 8.11. The molecule has 0 aliphatic carbocycles. The minimum Gasteiger partial charge on any atom is -0.317 e. The highest BCUT2D eigenvalue weighted by Gasteiger charge is 2.27. The summed E-state index contributed by atoms with van der Waals surface area (Å²) >= 11 is 0. The Labute approximate surface area is 101 Å². The molecule has 1 aliphatic rings. The van der Waals surface area contributed by atoms with Crippen molar-refractivity contribution in [2.45, 2.75) is 38.9 Å². The molecule has 17 heavy (non-hydrogen) atoms. The van der Waals surface area contributed by atoms with Crippen molar-refractivity contribution in [1.29, 1.82) is 0 Å². The van der Waals surface area contributed by atoms with Crippen LogP contribution in [0.2, 0.25) is 0 Å². The normalized spacial score (nSPS) is 23.0. The number of nitrogens with one attached hydrogen (secondary N) is 1. The number of aromatic nitrogens is 3. The van der Waals surface area contributed by atoms with Crippen molar-refractivity contribution in [3.05, 3.63) is 12.2 Å². The average Bonchev–Trinajstić information content (AvgIpc) is 2.83. The van der Waals surface area contributed by atoms with Crippen LogP contribution in [-0.2, 0) is 22.9 Å². The van der Waals surface area contributed by atoms with Crippen LogP contribution >= 0.6 is 0 Å². The lowest BCUT2D eigenvalue weighted by Crippen LogP contribution is -2.30. The van der Waals surface area contributed by atoms with E-state index in [2.05, 4.69) is 22.4 Å². The van der Waals surface area contributed by atoms with E-state index in [0.29, 0.717) is 18.7 Å². The van der Waals surface area contributed by atoms with Crippen molar-refractivity contribution < 1.29 is 8.42 Å². The highest BCUT2D eigenvalue weighted by Crippen LogP contribution is 2.11. The highest BCUT2D eigenvalue weighted by molar-refractivity contribution is 7.91. The van der Waals surface area contributed by atoms with Crippen LogP contribution in [0.25, 0.3) is 0 Å². The van der Waals surface area contributed by atoms with Crippen LogP contribution in [0.15, 0.2) is 6.33 Å². The number of sulfone groups is 1. The number of aryl methyl sites for hydroxylation is 1. The van der Waals surface area contributed by atoms with Crippen molar-refractivity contribution in [1.82, 2.24) is 20.1 Å². The number of hydrogen-bond acceptors (Lipinski definition) is 5. The fourth-order valence-electron chi connectivity index (χ4n) is 2.04. The average molecular weight is 258 g/mol. The molecular weight excluding hydrogens is 240 g/mol. The zero-order valence-electron chi connectivity index (χ0n) is 9.96. The van der Waals surface area contributed by atoms with Crippen molar-refractivity contribution in [3.63, 3.8) is 0 Å². The molecule has 96 valence electrons. The van der Waals surface area contributed by atoms with Crippen molar-refractivity contribution in [2.75, 3.05) is 11.5 Å². The Bertz CT molecular complexity index is 468. The largest absolute Gasteiger partial charge is 0.317 e. The van der Waals surface area contributed by atoms with Gasteiger partial charge in [0.1, 0.15) is 12.2 Å². The Morgan fingerprint density at radius 3 is 3.06 bits per heavy atom. The molecule has 0 aromatic carbocycles. The van der Waals surface area contributed by atoms with Gasteiger partial charge in [0.25, 0.3) is 0 Å². The van der Waals surface area contributed by atoms with E-state index in [-0.39, 0.29) is 11.8 Å². The van der Waals surface area contributed by atoms with Gasteiger partial charge in [-0.25, -0.2) is 8.42 Å². The molecule has 2 heterocycles. The summed E-state index contributed by atoms with van der Waals surface area (Å²) in [6, 6.07) is 0.0618. The van der Waals surface area contributed by atoms with Crippen LogP contribution in [0, 0.1) is 0 Å². The topological polar surface area (TPSA) is 76.9 Å². The maximum absolute atomic E-state index is 11.3. The van der Waals surface area contributed by atoms with Gasteiger partial charge < -0.3 is 9.88 Å². The molecule has 1 aromatic rings. The van der Waals surface area contributed by atoms with Crippen LogP contribution in [-0.4, -0.2) is 40.7 Å². The molecule has 0 radical (unpaired) electrons. The van der Waals surface area contributed by atoms with E-state index < -0.39 is 9.84 Å². The summed E-state index contributed by atoms with van der Waals surface area (Å²) in [5.74, 6) is 1.41. The summed E-state index contributed by atoms with van der Waals surface area (Å²) in [6.07, 6.45) is 3.44. The smallest absolute Gasteiger partial charge is 0.151 e. The van der Waals surface area contributed by atoms with Crippen molar-refractivity contribution in [2.24, 2.45) is 0 Å². The molecule has 0 bridgehead atoms. The molecule has 1 aromatic heterocycles.